The molecule has 3 heterocycles. The number of alkyl halides is 2. The fraction of sp³-hybridized carbons (Fsp3) is 0.145. The first kappa shape index (κ1) is 32.8. The number of nitrogens with zero attached hydrogens (tertiary/aromatic N) is 4. The van der Waals surface area contributed by atoms with E-state index in [0.29, 0.717) is 34.0 Å². The van der Waals surface area contributed by atoms with Crippen molar-refractivity contribution in [3.8, 4) is 28.1 Å². The van der Waals surface area contributed by atoms with Crippen LogP contribution in [0.3, 0.4) is 0 Å². The van der Waals surface area contributed by atoms with Crippen LogP contribution in [0.15, 0.2) is 212 Å². The van der Waals surface area contributed by atoms with Gasteiger partial charge >= 0.3 is 0 Å². The van der Waals surface area contributed by atoms with Gasteiger partial charge in [-0.15, -0.1) is 0 Å². The molecule has 1 aliphatic rings. The van der Waals surface area contributed by atoms with Gasteiger partial charge in [-0.05, 0) is 87.8 Å². The number of benzene rings is 8. The third-order valence-electron chi connectivity index (χ3n) is 13.3. The van der Waals surface area contributed by atoms with E-state index in [0.717, 1.165) is 27.4 Å². The standard InChI is InChI=1S/C62H52F2N4/c1-60(2,3)47-36-48(38-49(37-47)66-41-67(56-31-18-17-30-55(56)66)59-50(42-20-9-6-10-21-42)27-19-28-51(59)43-22-11-7-12-23-43)62(63,64)46-32-33-53-52-26-15-16-29-54(52)68(57(53)39-46)58-40-45(34-35-65-58)61(4,5)44-24-13-8-14-25-44/h6-40H,41H2,1-5H3/i6D,7D,9D,10D,11D,12D,20D,21D,22D,23D. The molecule has 334 valence electrons. The van der Waals surface area contributed by atoms with Gasteiger partial charge in [0, 0.05) is 50.3 Å². The molecule has 11 rings (SSSR count). The van der Waals surface area contributed by atoms with Crippen molar-refractivity contribution in [1.29, 1.82) is 0 Å². The number of fused-ring (bicyclic) bond motifs is 4. The molecule has 6 heteroatoms. The smallest absolute Gasteiger partial charge is 0.298 e. The summed E-state index contributed by atoms with van der Waals surface area (Å²) in [4.78, 5) is 8.47. The van der Waals surface area contributed by atoms with Crippen molar-refractivity contribution in [2.24, 2.45) is 0 Å². The zero-order valence-corrected chi connectivity index (χ0v) is 38.2. The van der Waals surface area contributed by atoms with Gasteiger partial charge in [-0.25, -0.2) is 4.98 Å². The van der Waals surface area contributed by atoms with Gasteiger partial charge in [0.1, 0.15) is 12.5 Å². The summed E-state index contributed by atoms with van der Waals surface area (Å²) in [6.07, 6.45) is 1.76. The minimum absolute atomic E-state index is 0.0987. The third-order valence-corrected chi connectivity index (χ3v) is 13.3. The number of para-hydroxylation sites is 4. The molecule has 0 atom stereocenters. The highest BCUT2D eigenvalue weighted by molar-refractivity contribution is 6.09. The van der Waals surface area contributed by atoms with Gasteiger partial charge in [-0.2, -0.15) is 8.78 Å². The molecular weight excluding hydrogens is 839 g/mol. The van der Waals surface area contributed by atoms with Crippen LogP contribution in [0.25, 0.3) is 49.9 Å². The molecule has 0 aliphatic carbocycles. The maximum Gasteiger partial charge on any atom is 0.298 e. The lowest BCUT2D eigenvalue weighted by molar-refractivity contribution is 0.0428. The van der Waals surface area contributed by atoms with E-state index in [1.165, 1.54) is 12.1 Å². The van der Waals surface area contributed by atoms with Crippen molar-refractivity contribution in [2.75, 3.05) is 16.5 Å². The lowest BCUT2D eigenvalue weighted by Gasteiger charge is -2.29. The first-order chi connectivity index (χ1) is 37.0. The highest BCUT2D eigenvalue weighted by atomic mass is 19.3. The molecular formula is C62H52F2N4. The molecule has 0 fully saturated rings. The fourth-order valence-electron chi connectivity index (χ4n) is 9.55. The molecule has 10 aromatic rings. The van der Waals surface area contributed by atoms with Crippen LogP contribution in [0, 0.1) is 0 Å². The maximum absolute atomic E-state index is 18.1. The van der Waals surface area contributed by atoms with Gasteiger partial charge in [-0.3, -0.25) is 4.57 Å². The van der Waals surface area contributed by atoms with E-state index >= 15 is 8.78 Å². The molecule has 0 saturated carbocycles. The molecule has 0 saturated heterocycles. The van der Waals surface area contributed by atoms with Crippen molar-refractivity contribution in [3.05, 3.63) is 240 Å². The summed E-state index contributed by atoms with van der Waals surface area (Å²) in [6, 6.07) is 38.0. The minimum Gasteiger partial charge on any atom is -0.321 e. The van der Waals surface area contributed by atoms with Crippen LogP contribution < -0.4 is 9.80 Å². The molecule has 0 amide bonds. The zero-order valence-electron chi connectivity index (χ0n) is 48.2. The number of rotatable bonds is 9. The Kier molecular flexibility index (Phi) is 7.95. The Morgan fingerprint density at radius 2 is 1.10 bits per heavy atom. The van der Waals surface area contributed by atoms with Crippen LogP contribution in [-0.2, 0) is 16.8 Å². The van der Waals surface area contributed by atoms with Crippen molar-refractivity contribution in [2.45, 2.75) is 51.4 Å². The number of halogens is 2. The van der Waals surface area contributed by atoms with Gasteiger partial charge in [0.05, 0.1) is 41.8 Å². The molecule has 0 bridgehead atoms. The molecule has 2 aromatic heterocycles. The summed E-state index contributed by atoms with van der Waals surface area (Å²) in [7, 11) is 0. The first-order valence-corrected chi connectivity index (χ1v) is 22.5. The van der Waals surface area contributed by atoms with Crippen molar-refractivity contribution in [1.82, 2.24) is 9.55 Å². The monoisotopic (exact) mass is 900 g/mol. The van der Waals surface area contributed by atoms with Crippen LogP contribution >= 0.6 is 0 Å². The van der Waals surface area contributed by atoms with E-state index < -0.39 is 77.2 Å². The predicted octanol–water partition coefficient (Wildman–Crippen LogP) is 16.5. The summed E-state index contributed by atoms with van der Waals surface area (Å²) >= 11 is 0. The number of pyridine rings is 1. The quantitative estimate of drug-likeness (QED) is 0.144. The molecule has 1 aliphatic heterocycles. The average Bonchev–Trinajstić information content (AvgIpc) is 4.16. The Morgan fingerprint density at radius 3 is 1.78 bits per heavy atom. The van der Waals surface area contributed by atoms with E-state index in [1.807, 2.05) is 97.0 Å². The second-order valence-electron chi connectivity index (χ2n) is 18.8. The maximum atomic E-state index is 18.1. The highest BCUT2D eigenvalue weighted by Gasteiger charge is 2.38. The number of hydrogen-bond acceptors (Lipinski definition) is 3. The molecule has 0 N–H and O–H groups in total. The Labute approximate surface area is 411 Å². The largest absolute Gasteiger partial charge is 0.321 e. The average molecular weight is 901 g/mol. The number of aromatic nitrogens is 2. The van der Waals surface area contributed by atoms with Crippen LogP contribution in [0.4, 0.5) is 31.5 Å². The molecule has 68 heavy (non-hydrogen) atoms. The number of hydrogen-bond donors (Lipinski definition) is 0. The Hall–Kier alpha value is -7.83. The fourth-order valence-corrected chi connectivity index (χ4v) is 9.55. The van der Waals surface area contributed by atoms with Crippen LogP contribution in [0.5, 0.6) is 0 Å². The van der Waals surface area contributed by atoms with Crippen LogP contribution in [-0.4, -0.2) is 16.2 Å². The lowest BCUT2D eigenvalue weighted by atomic mass is 9.78. The van der Waals surface area contributed by atoms with Gasteiger partial charge in [0.2, 0.25) is 0 Å². The highest BCUT2D eigenvalue weighted by Crippen LogP contribution is 2.51. The van der Waals surface area contributed by atoms with E-state index in [4.69, 9.17) is 18.7 Å². The first-order valence-electron chi connectivity index (χ1n) is 27.5. The Morgan fingerprint density at radius 1 is 0.500 bits per heavy atom. The van der Waals surface area contributed by atoms with E-state index in [1.54, 1.807) is 65.7 Å². The summed E-state index contributed by atoms with van der Waals surface area (Å²) in [5.41, 5.74) is 4.10. The molecule has 0 unspecified atom stereocenters. The summed E-state index contributed by atoms with van der Waals surface area (Å²) in [6.45, 7) is 10.0. The van der Waals surface area contributed by atoms with Gasteiger partial charge < -0.3 is 9.80 Å². The van der Waals surface area contributed by atoms with Gasteiger partial charge in [0.25, 0.3) is 5.92 Å². The molecule has 0 radical (unpaired) electrons. The van der Waals surface area contributed by atoms with Crippen molar-refractivity contribution in [3.63, 3.8) is 0 Å². The van der Waals surface area contributed by atoms with Crippen molar-refractivity contribution < 1.29 is 22.5 Å². The Balaban J connectivity index is 1.08. The molecule has 4 nitrogen and oxygen atoms in total. The minimum atomic E-state index is -3.57. The molecule has 0 spiro atoms. The second-order valence-corrected chi connectivity index (χ2v) is 18.8. The lowest BCUT2D eigenvalue weighted by Crippen LogP contribution is -2.26. The van der Waals surface area contributed by atoms with Crippen LogP contribution in [0.1, 0.15) is 76.1 Å². The summed E-state index contributed by atoms with van der Waals surface area (Å²) in [5, 5.41) is 1.67. The van der Waals surface area contributed by atoms with Crippen molar-refractivity contribution >= 4 is 44.6 Å². The van der Waals surface area contributed by atoms with E-state index in [2.05, 4.69) is 26.0 Å². The normalized spacial score (nSPS) is 15.2. The van der Waals surface area contributed by atoms with E-state index in [9.17, 15) is 0 Å². The molecule has 8 aromatic carbocycles. The third kappa shape index (κ3) is 7.32. The topological polar surface area (TPSA) is 24.3 Å². The number of anilines is 4. The van der Waals surface area contributed by atoms with Gasteiger partial charge in [0.15, 0.2) is 0 Å². The SMILES string of the molecule is [2H]c1c([2H])c([2H])c(-c2cccc(-c3c([2H])c([2H])c([2H])c([2H])c3[2H])c2N2CN(c3cc(C(C)(C)C)cc(C(F)(F)c4ccc5c6ccccc6n(-c6cc(C(C)(C)c7ccccc7)ccn6)c5c4)c3)c3ccccc32)c([2H])c1[2H]. The second kappa shape index (κ2) is 16.5. The van der Waals surface area contributed by atoms with Crippen LogP contribution in [0.2, 0.25) is 0 Å². The Bertz CT molecular complexity index is 3950. The van der Waals surface area contributed by atoms with E-state index in [-0.39, 0.29) is 45.7 Å². The predicted molar refractivity (Wildman–Crippen MR) is 278 cm³/mol. The van der Waals surface area contributed by atoms with Gasteiger partial charge in [-0.1, -0.05) is 186 Å². The summed E-state index contributed by atoms with van der Waals surface area (Å²) < 4.78 is 126. The zero-order chi connectivity index (χ0) is 55.5. The summed E-state index contributed by atoms with van der Waals surface area (Å²) in [5.74, 6) is -2.99.